The molecule has 3 rings (SSSR count). The molecule has 1 aromatic heterocycles. The van der Waals surface area contributed by atoms with Crippen LogP contribution in [-0.4, -0.2) is 24.6 Å². The number of nitrogens with one attached hydrogen (secondary N) is 1. The molecular formula is C18H17BrN2O3S. The van der Waals surface area contributed by atoms with Crippen LogP contribution in [0, 0.1) is 13.8 Å². The van der Waals surface area contributed by atoms with Gasteiger partial charge in [0, 0.05) is 0 Å². The smallest absolute Gasteiger partial charge is 0.264 e. The number of thiazole rings is 1. The molecule has 0 atom stereocenters. The molecule has 0 aliphatic heterocycles. The van der Waals surface area contributed by atoms with Gasteiger partial charge in [0.25, 0.3) is 5.91 Å². The fourth-order valence-electron chi connectivity index (χ4n) is 2.46. The molecule has 7 heteroatoms. The van der Waals surface area contributed by atoms with E-state index in [1.165, 1.54) is 11.3 Å². The molecule has 0 unspecified atom stereocenters. The van der Waals surface area contributed by atoms with Gasteiger partial charge in [0.2, 0.25) is 0 Å². The van der Waals surface area contributed by atoms with E-state index < -0.39 is 0 Å². The molecule has 3 aromatic rings. The Bertz CT molecular complexity index is 916. The van der Waals surface area contributed by atoms with Crippen molar-refractivity contribution in [1.29, 1.82) is 0 Å². The Morgan fingerprint density at radius 3 is 2.80 bits per heavy atom. The lowest BCUT2D eigenvalue weighted by Gasteiger charge is -2.11. The maximum atomic E-state index is 12.2. The van der Waals surface area contributed by atoms with E-state index in [1.807, 2.05) is 44.2 Å². The van der Waals surface area contributed by atoms with Crippen LogP contribution in [0.1, 0.15) is 11.1 Å². The quantitative estimate of drug-likeness (QED) is 0.649. The number of fused-ring (bicyclic) bond motifs is 1. The lowest BCUT2D eigenvalue weighted by atomic mass is 10.1. The van der Waals surface area contributed by atoms with E-state index >= 15 is 0 Å². The second kappa shape index (κ2) is 7.41. The third-order valence-corrected chi connectivity index (χ3v) is 5.09. The lowest BCUT2D eigenvalue weighted by molar-refractivity contribution is -0.118. The number of carbonyl (C=O) groups is 1. The standard InChI is InChI=1S/C18H17BrN2O3S/c1-10-6-11(2)17(13(19)7-10)24-9-16(22)21-18-20-14-5-4-12(23-3)8-15(14)25-18/h4-8H,9H2,1-3H3,(H,20,21,22). The molecule has 0 aliphatic carbocycles. The summed E-state index contributed by atoms with van der Waals surface area (Å²) in [6.07, 6.45) is 0. The summed E-state index contributed by atoms with van der Waals surface area (Å²) in [5, 5.41) is 3.32. The average Bonchev–Trinajstić information content (AvgIpc) is 2.94. The monoisotopic (exact) mass is 420 g/mol. The van der Waals surface area contributed by atoms with Gasteiger partial charge in [-0.1, -0.05) is 17.4 Å². The van der Waals surface area contributed by atoms with Gasteiger partial charge in [0.15, 0.2) is 11.7 Å². The van der Waals surface area contributed by atoms with E-state index in [4.69, 9.17) is 9.47 Å². The minimum atomic E-state index is -0.252. The third kappa shape index (κ3) is 4.11. The van der Waals surface area contributed by atoms with Crippen LogP contribution in [0.4, 0.5) is 5.13 Å². The zero-order valence-corrected chi connectivity index (χ0v) is 16.5. The van der Waals surface area contributed by atoms with Crippen molar-refractivity contribution in [3.8, 4) is 11.5 Å². The zero-order chi connectivity index (χ0) is 18.0. The Morgan fingerprint density at radius 1 is 1.28 bits per heavy atom. The van der Waals surface area contributed by atoms with Crippen molar-refractivity contribution in [1.82, 2.24) is 4.98 Å². The number of rotatable bonds is 5. The Hall–Kier alpha value is -2.12. The summed E-state index contributed by atoms with van der Waals surface area (Å²) in [5.41, 5.74) is 2.93. The van der Waals surface area contributed by atoms with Gasteiger partial charge in [-0.25, -0.2) is 4.98 Å². The number of ether oxygens (including phenoxy) is 2. The van der Waals surface area contributed by atoms with Gasteiger partial charge in [0.05, 0.1) is 21.8 Å². The highest BCUT2D eigenvalue weighted by Gasteiger charge is 2.12. The summed E-state index contributed by atoms with van der Waals surface area (Å²) in [6, 6.07) is 9.57. The van der Waals surface area contributed by atoms with Crippen LogP contribution in [0.2, 0.25) is 0 Å². The van der Waals surface area contributed by atoms with Crippen LogP contribution in [0.3, 0.4) is 0 Å². The molecule has 25 heavy (non-hydrogen) atoms. The number of nitrogens with zero attached hydrogens (tertiary/aromatic N) is 1. The molecule has 0 fully saturated rings. The molecular weight excluding hydrogens is 404 g/mol. The minimum absolute atomic E-state index is 0.0816. The zero-order valence-electron chi connectivity index (χ0n) is 14.1. The molecule has 0 radical (unpaired) electrons. The van der Waals surface area contributed by atoms with Crippen LogP contribution in [0.15, 0.2) is 34.8 Å². The molecule has 130 valence electrons. The first kappa shape index (κ1) is 17.7. The highest BCUT2D eigenvalue weighted by molar-refractivity contribution is 9.10. The second-order valence-electron chi connectivity index (χ2n) is 5.58. The maximum absolute atomic E-state index is 12.2. The third-order valence-electron chi connectivity index (χ3n) is 3.56. The first-order valence-corrected chi connectivity index (χ1v) is 9.21. The number of carbonyl (C=O) groups excluding carboxylic acids is 1. The van der Waals surface area contributed by atoms with Crippen LogP contribution in [0.5, 0.6) is 11.5 Å². The average molecular weight is 421 g/mol. The normalized spacial score (nSPS) is 10.7. The summed E-state index contributed by atoms with van der Waals surface area (Å²) in [5.74, 6) is 1.18. The number of hydrogen-bond acceptors (Lipinski definition) is 5. The largest absolute Gasteiger partial charge is 0.497 e. The predicted octanol–water partition coefficient (Wildman–Crippen LogP) is 4.70. The van der Waals surface area contributed by atoms with Crippen molar-refractivity contribution in [2.75, 3.05) is 19.0 Å². The highest BCUT2D eigenvalue weighted by Crippen LogP contribution is 2.31. The van der Waals surface area contributed by atoms with Crippen LogP contribution in [-0.2, 0) is 4.79 Å². The SMILES string of the molecule is COc1ccc2nc(NC(=O)COc3c(C)cc(C)cc3Br)sc2c1. The maximum Gasteiger partial charge on any atom is 0.264 e. The number of benzene rings is 2. The Balaban J connectivity index is 1.67. The van der Waals surface area contributed by atoms with Gasteiger partial charge in [-0.15, -0.1) is 0 Å². The van der Waals surface area contributed by atoms with Crippen molar-refractivity contribution >= 4 is 48.5 Å². The van der Waals surface area contributed by atoms with Crippen molar-refractivity contribution in [2.45, 2.75) is 13.8 Å². The number of methoxy groups -OCH3 is 1. The summed E-state index contributed by atoms with van der Waals surface area (Å²) < 4.78 is 12.7. The summed E-state index contributed by atoms with van der Waals surface area (Å²) in [7, 11) is 1.62. The Labute approximate surface area is 158 Å². The number of anilines is 1. The molecule has 0 spiro atoms. The van der Waals surface area contributed by atoms with Gasteiger partial charge in [-0.2, -0.15) is 0 Å². The molecule has 1 N–H and O–H groups in total. The molecule has 0 bridgehead atoms. The minimum Gasteiger partial charge on any atom is -0.497 e. The van der Waals surface area contributed by atoms with Gasteiger partial charge in [-0.3, -0.25) is 10.1 Å². The first-order valence-electron chi connectivity index (χ1n) is 7.60. The summed E-state index contributed by atoms with van der Waals surface area (Å²) >= 11 is 4.87. The number of halogens is 1. The number of hydrogen-bond donors (Lipinski definition) is 1. The Kier molecular flexibility index (Phi) is 5.24. The molecule has 0 aliphatic rings. The molecule has 0 saturated heterocycles. The molecule has 5 nitrogen and oxygen atoms in total. The van der Waals surface area contributed by atoms with E-state index in [1.54, 1.807) is 7.11 Å². The fraction of sp³-hybridized carbons (Fsp3) is 0.222. The van der Waals surface area contributed by atoms with Crippen molar-refractivity contribution < 1.29 is 14.3 Å². The lowest BCUT2D eigenvalue weighted by Crippen LogP contribution is -2.20. The number of aryl methyl sites for hydroxylation is 2. The van der Waals surface area contributed by atoms with E-state index in [-0.39, 0.29) is 12.5 Å². The highest BCUT2D eigenvalue weighted by atomic mass is 79.9. The molecule has 0 saturated carbocycles. The second-order valence-corrected chi connectivity index (χ2v) is 7.47. The van der Waals surface area contributed by atoms with E-state index in [0.717, 1.165) is 31.6 Å². The molecule has 1 amide bonds. The van der Waals surface area contributed by atoms with Gasteiger partial charge < -0.3 is 9.47 Å². The van der Waals surface area contributed by atoms with E-state index in [9.17, 15) is 4.79 Å². The number of amides is 1. The van der Waals surface area contributed by atoms with Crippen LogP contribution < -0.4 is 14.8 Å². The molecule has 1 heterocycles. The topological polar surface area (TPSA) is 60.5 Å². The van der Waals surface area contributed by atoms with Crippen molar-refractivity contribution in [3.63, 3.8) is 0 Å². The van der Waals surface area contributed by atoms with Gasteiger partial charge in [0.1, 0.15) is 11.5 Å². The van der Waals surface area contributed by atoms with Gasteiger partial charge >= 0.3 is 0 Å². The van der Waals surface area contributed by atoms with Crippen molar-refractivity contribution in [3.05, 3.63) is 45.9 Å². The predicted molar refractivity (Wildman–Crippen MR) is 104 cm³/mol. The number of aromatic nitrogens is 1. The molecule has 2 aromatic carbocycles. The van der Waals surface area contributed by atoms with Crippen LogP contribution in [0.25, 0.3) is 10.2 Å². The van der Waals surface area contributed by atoms with Gasteiger partial charge in [-0.05, 0) is 65.2 Å². The van der Waals surface area contributed by atoms with Crippen LogP contribution >= 0.6 is 27.3 Å². The van der Waals surface area contributed by atoms with E-state index in [2.05, 4.69) is 26.2 Å². The fourth-order valence-corrected chi connectivity index (χ4v) is 4.16. The Morgan fingerprint density at radius 2 is 2.08 bits per heavy atom. The first-order chi connectivity index (χ1) is 12.0. The summed E-state index contributed by atoms with van der Waals surface area (Å²) in [6.45, 7) is 3.88. The summed E-state index contributed by atoms with van der Waals surface area (Å²) in [4.78, 5) is 16.6. The van der Waals surface area contributed by atoms with E-state index in [0.29, 0.717) is 10.9 Å². The van der Waals surface area contributed by atoms with Crippen molar-refractivity contribution in [2.24, 2.45) is 0 Å².